The highest BCUT2D eigenvalue weighted by molar-refractivity contribution is 5.98. The Kier molecular flexibility index (Phi) is 5.77. The molecule has 2 N–H and O–H groups in total. The van der Waals surface area contributed by atoms with Gasteiger partial charge in [0, 0.05) is 24.7 Å². The van der Waals surface area contributed by atoms with Gasteiger partial charge in [-0.3, -0.25) is 9.59 Å². The van der Waals surface area contributed by atoms with Crippen molar-refractivity contribution in [3.63, 3.8) is 0 Å². The average molecular weight is 463 g/mol. The Morgan fingerprint density at radius 2 is 1.35 bits per heavy atom. The maximum Gasteiger partial charge on any atom is 0.270 e. The smallest absolute Gasteiger partial charge is 0.270 e. The van der Waals surface area contributed by atoms with Crippen LogP contribution in [0.25, 0.3) is 0 Å². The number of pyridine rings is 1. The molecule has 2 aromatic carbocycles. The van der Waals surface area contributed by atoms with E-state index in [1.165, 1.54) is 19.2 Å². The van der Waals surface area contributed by atoms with Gasteiger partial charge in [-0.1, -0.05) is 12.1 Å². The molecule has 0 radical (unpaired) electrons. The molecule has 5 rings (SSSR count). The highest BCUT2D eigenvalue weighted by Crippen LogP contribution is 2.33. The van der Waals surface area contributed by atoms with Crippen LogP contribution < -0.4 is 34.3 Å². The maximum absolute atomic E-state index is 12.8. The van der Waals surface area contributed by atoms with Crippen molar-refractivity contribution in [1.82, 2.24) is 15.6 Å². The lowest BCUT2D eigenvalue weighted by Gasteiger charge is -2.10. The lowest BCUT2D eigenvalue weighted by molar-refractivity contribution is 0.0944. The third kappa shape index (κ3) is 4.51. The largest absolute Gasteiger partial charge is 0.481 e. The van der Waals surface area contributed by atoms with Gasteiger partial charge in [0.2, 0.25) is 19.5 Å². The molecule has 0 spiro atoms. The van der Waals surface area contributed by atoms with E-state index >= 15 is 0 Å². The topological polar surface area (TPSA) is 117 Å². The molecular weight excluding hydrogens is 442 g/mol. The second-order valence-corrected chi connectivity index (χ2v) is 7.52. The van der Waals surface area contributed by atoms with Crippen molar-refractivity contribution in [2.24, 2.45) is 0 Å². The van der Waals surface area contributed by atoms with Crippen molar-refractivity contribution in [3.8, 4) is 28.9 Å². The molecule has 0 bridgehead atoms. The van der Waals surface area contributed by atoms with Crippen LogP contribution in [0.2, 0.25) is 0 Å². The van der Waals surface area contributed by atoms with Gasteiger partial charge in [-0.15, -0.1) is 0 Å². The molecule has 3 heterocycles. The van der Waals surface area contributed by atoms with Crippen molar-refractivity contribution in [2.45, 2.75) is 13.1 Å². The summed E-state index contributed by atoms with van der Waals surface area (Å²) in [5.41, 5.74) is 2.00. The summed E-state index contributed by atoms with van der Waals surface area (Å²) < 4.78 is 26.5. The number of ether oxygens (including phenoxy) is 5. The minimum Gasteiger partial charge on any atom is -0.481 e. The maximum atomic E-state index is 12.8. The van der Waals surface area contributed by atoms with Crippen molar-refractivity contribution in [2.75, 3.05) is 20.7 Å². The van der Waals surface area contributed by atoms with Crippen LogP contribution in [0.15, 0.2) is 48.5 Å². The van der Waals surface area contributed by atoms with E-state index in [9.17, 15) is 9.59 Å². The van der Waals surface area contributed by atoms with E-state index in [0.29, 0.717) is 23.0 Å². The van der Waals surface area contributed by atoms with E-state index in [0.717, 1.165) is 11.1 Å². The quantitative estimate of drug-likeness (QED) is 0.549. The summed E-state index contributed by atoms with van der Waals surface area (Å²) in [7, 11) is 1.42. The van der Waals surface area contributed by atoms with E-state index in [-0.39, 0.29) is 49.7 Å². The number of benzene rings is 2. The Bertz CT molecular complexity index is 1170. The van der Waals surface area contributed by atoms with E-state index < -0.39 is 5.91 Å². The van der Waals surface area contributed by atoms with Crippen LogP contribution in [0.4, 0.5) is 0 Å². The van der Waals surface area contributed by atoms with Gasteiger partial charge in [0.1, 0.15) is 5.69 Å². The second-order valence-electron chi connectivity index (χ2n) is 7.52. The minimum atomic E-state index is -0.443. The lowest BCUT2D eigenvalue weighted by Crippen LogP contribution is -2.26. The first kappa shape index (κ1) is 21.4. The Morgan fingerprint density at radius 3 is 1.94 bits per heavy atom. The third-order valence-electron chi connectivity index (χ3n) is 5.29. The second kappa shape index (κ2) is 9.18. The number of fused-ring (bicyclic) bond motifs is 2. The first-order valence-corrected chi connectivity index (χ1v) is 10.5. The number of nitrogens with one attached hydrogen (secondary N) is 2. The van der Waals surface area contributed by atoms with Gasteiger partial charge in [-0.2, -0.15) is 0 Å². The van der Waals surface area contributed by atoms with Gasteiger partial charge < -0.3 is 34.3 Å². The van der Waals surface area contributed by atoms with Crippen molar-refractivity contribution in [3.05, 3.63) is 70.9 Å². The summed E-state index contributed by atoms with van der Waals surface area (Å²) in [5, 5.41) is 5.62. The number of methoxy groups -OCH3 is 1. The number of hydrogen-bond donors (Lipinski definition) is 2. The van der Waals surface area contributed by atoms with E-state index in [1.807, 2.05) is 18.2 Å². The van der Waals surface area contributed by atoms with Crippen LogP contribution in [0.1, 0.15) is 32.0 Å². The zero-order valence-corrected chi connectivity index (χ0v) is 18.3. The standard InChI is InChI=1S/C24H21N3O7/c1-30-22-9-16(23(28)25-10-14-2-4-18-20(6-14)33-12-31-18)8-17(27-22)24(29)26-11-15-3-5-19-21(7-15)34-13-32-19/h2-9H,10-13H2,1H3,(H,25,28)(H,26,29). The Morgan fingerprint density at radius 1 is 0.794 bits per heavy atom. The fourth-order valence-electron chi connectivity index (χ4n) is 3.52. The van der Waals surface area contributed by atoms with Crippen molar-refractivity contribution in [1.29, 1.82) is 0 Å². The van der Waals surface area contributed by atoms with Gasteiger partial charge in [0.15, 0.2) is 23.0 Å². The third-order valence-corrected chi connectivity index (χ3v) is 5.29. The summed E-state index contributed by atoms with van der Waals surface area (Å²) in [6.07, 6.45) is 0. The fraction of sp³-hybridized carbons (Fsp3) is 0.208. The zero-order chi connectivity index (χ0) is 23.5. The molecule has 0 saturated carbocycles. The van der Waals surface area contributed by atoms with Gasteiger partial charge in [0.05, 0.1) is 7.11 Å². The molecule has 2 aliphatic rings. The van der Waals surface area contributed by atoms with Gasteiger partial charge in [0.25, 0.3) is 11.8 Å². The molecule has 0 fully saturated rings. The number of nitrogens with zero attached hydrogens (tertiary/aromatic N) is 1. The summed E-state index contributed by atoms with van der Waals surface area (Å²) in [6, 6.07) is 13.8. The first-order valence-electron chi connectivity index (χ1n) is 10.5. The van der Waals surface area contributed by atoms with Crippen LogP contribution in [0, 0.1) is 0 Å². The molecule has 174 valence electrons. The molecule has 0 atom stereocenters. The highest BCUT2D eigenvalue weighted by Gasteiger charge is 2.18. The molecule has 3 aromatic rings. The monoisotopic (exact) mass is 463 g/mol. The molecule has 10 nitrogen and oxygen atoms in total. The molecule has 10 heteroatoms. The Balaban J connectivity index is 1.24. The summed E-state index contributed by atoms with van der Waals surface area (Å²) in [6.45, 7) is 0.881. The predicted molar refractivity (Wildman–Crippen MR) is 118 cm³/mol. The molecule has 0 aliphatic carbocycles. The Labute approximate surface area is 194 Å². The average Bonchev–Trinajstić information content (AvgIpc) is 3.54. The van der Waals surface area contributed by atoms with Crippen LogP contribution in [0.5, 0.6) is 28.9 Å². The van der Waals surface area contributed by atoms with Crippen molar-refractivity contribution >= 4 is 11.8 Å². The summed E-state index contributed by atoms with van der Waals surface area (Å²) in [5.74, 6) is 1.95. The van der Waals surface area contributed by atoms with Gasteiger partial charge in [-0.25, -0.2) is 4.98 Å². The molecule has 0 unspecified atom stereocenters. The van der Waals surface area contributed by atoms with Crippen LogP contribution >= 0.6 is 0 Å². The number of aromatic nitrogens is 1. The minimum absolute atomic E-state index is 0.0633. The summed E-state index contributed by atoms with van der Waals surface area (Å²) >= 11 is 0. The number of hydrogen-bond acceptors (Lipinski definition) is 8. The molecule has 34 heavy (non-hydrogen) atoms. The van der Waals surface area contributed by atoms with Crippen LogP contribution in [0.3, 0.4) is 0 Å². The molecular formula is C24H21N3O7. The van der Waals surface area contributed by atoms with E-state index in [4.69, 9.17) is 23.7 Å². The fourth-order valence-corrected chi connectivity index (χ4v) is 3.52. The van der Waals surface area contributed by atoms with E-state index in [1.54, 1.807) is 18.2 Å². The lowest BCUT2D eigenvalue weighted by atomic mass is 10.1. The Hall–Kier alpha value is -4.47. The van der Waals surface area contributed by atoms with Crippen LogP contribution in [-0.2, 0) is 13.1 Å². The number of carbonyl (C=O) groups is 2. The van der Waals surface area contributed by atoms with Gasteiger partial charge >= 0.3 is 0 Å². The van der Waals surface area contributed by atoms with Gasteiger partial charge in [-0.05, 0) is 41.5 Å². The highest BCUT2D eigenvalue weighted by atomic mass is 16.7. The molecule has 1 aromatic heterocycles. The molecule has 2 aliphatic heterocycles. The zero-order valence-electron chi connectivity index (χ0n) is 18.3. The predicted octanol–water partition coefficient (Wildman–Crippen LogP) is 2.41. The number of amides is 2. The number of carbonyl (C=O) groups excluding carboxylic acids is 2. The van der Waals surface area contributed by atoms with Crippen LogP contribution in [-0.4, -0.2) is 37.5 Å². The summed E-state index contributed by atoms with van der Waals surface area (Å²) in [4.78, 5) is 29.7. The SMILES string of the molecule is COc1cc(C(=O)NCc2ccc3c(c2)OCO3)cc(C(=O)NCc2ccc3c(c2)OCO3)n1. The first-order chi connectivity index (χ1) is 16.6. The number of rotatable bonds is 7. The normalized spacial score (nSPS) is 12.9. The van der Waals surface area contributed by atoms with E-state index in [2.05, 4.69) is 15.6 Å². The molecule has 2 amide bonds. The molecule has 0 saturated heterocycles. The van der Waals surface area contributed by atoms with Crippen molar-refractivity contribution < 1.29 is 33.3 Å².